The molecule has 5 nitrogen and oxygen atoms in total. The van der Waals surface area contributed by atoms with E-state index in [0.29, 0.717) is 6.42 Å². The van der Waals surface area contributed by atoms with Crippen molar-refractivity contribution in [3.63, 3.8) is 0 Å². The molecule has 1 amide bonds. The topological polar surface area (TPSA) is 75.6 Å². The predicted molar refractivity (Wildman–Crippen MR) is 55.7 cm³/mol. The van der Waals surface area contributed by atoms with Crippen molar-refractivity contribution in [1.82, 2.24) is 5.32 Å². The van der Waals surface area contributed by atoms with Crippen molar-refractivity contribution < 1.29 is 19.4 Å². The number of amides is 1. The van der Waals surface area contributed by atoms with Crippen LogP contribution in [0.3, 0.4) is 0 Å². The molecule has 0 fully saturated rings. The van der Waals surface area contributed by atoms with Crippen LogP contribution in [-0.2, 0) is 9.53 Å². The molecule has 0 aromatic rings. The first-order valence-corrected chi connectivity index (χ1v) is 4.96. The van der Waals surface area contributed by atoms with Crippen molar-refractivity contribution in [2.24, 2.45) is 0 Å². The van der Waals surface area contributed by atoms with Crippen molar-refractivity contribution in [2.75, 3.05) is 0 Å². The second-order valence-corrected chi connectivity index (χ2v) is 4.35. The Morgan fingerprint density at radius 2 is 1.93 bits per heavy atom. The molecule has 0 aliphatic carbocycles. The smallest absolute Gasteiger partial charge is 0.407 e. The van der Waals surface area contributed by atoms with E-state index in [1.54, 1.807) is 20.8 Å². The molecule has 15 heavy (non-hydrogen) atoms. The molecule has 0 aliphatic rings. The van der Waals surface area contributed by atoms with E-state index >= 15 is 0 Å². The van der Waals surface area contributed by atoms with Crippen molar-refractivity contribution in [3.8, 4) is 0 Å². The molecule has 1 atom stereocenters. The Hall–Kier alpha value is -1.26. The lowest BCUT2D eigenvalue weighted by atomic mass is 10.1. The van der Waals surface area contributed by atoms with Gasteiger partial charge < -0.3 is 15.2 Å². The van der Waals surface area contributed by atoms with E-state index in [0.717, 1.165) is 0 Å². The van der Waals surface area contributed by atoms with E-state index in [4.69, 9.17) is 9.84 Å². The number of alkyl carbamates (subject to hydrolysis) is 1. The second kappa shape index (κ2) is 5.58. The molecule has 2 N–H and O–H groups in total. The Morgan fingerprint density at radius 3 is 2.27 bits per heavy atom. The summed E-state index contributed by atoms with van der Waals surface area (Å²) in [7, 11) is 0. The van der Waals surface area contributed by atoms with Crippen LogP contribution >= 0.6 is 0 Å². The van der Waals surface area contributed by atoms with Crippen LogP contribution < -0.4 is 5.32 Å². The Bertz CT molecular complexity index is 232. The molecule has 0 aromatic heterocycles. The summed E-state index contributed by atoms with van der Waals surface area (Å²) in [5, 5.41) is 11.1. The number of carbonyl (C=O) groups is 2. The quantitative estimate of drug-likeness (QED) is 0.752. The number of carboxylic acid groups (broad SMARTS) is 1. The summed E-state index contributed by atoms with van der Waals surface area (Å²) >= 11 is 0. The number of rotatable bonds is 4. The first-order chi connectivity index (χ1) is 6.74. The van der Waals surface area contributed by atoms with Gasteiger partial charge in [0.2, 0.25) is 0 Å². The minimum atomic E-state index is -0.932. The highest BCUT2D eigenvalue weighted by molar-refractivity contribution is 5.71. The molecule has 0 unspecified atom stereocenters. The number of aliphatic carboxylic acids is 1. The van der Waals surface area contributed by atoms with E-state index < -0.39 is 17.7 Å². The summed E-state index contributed by atoms with van der Waals surface area (Å²) in [4.78, 5) is 21.7. The average molecular weight is 217 g/mol. The highest BCUT2D eigenvalue weighted by Crippen LogP contribution is 2.07. The molecule has 0 bridgehead atoms. The molecule has 0 saturated heterocycles. The summed E-state index contributed by atoms with van der Waals surface area (Å²) in [5.41, 5.74) is -0.564. The lowest BCUT2D eigenvalue weighted by Crippen LogP contribution is -2.39. The number of carboxylic acids is 1. The van der Waals surface area contributed by atoms with Gasteiger partial charge in [-0.2, -0.15) is 0 Å². The van der Waals surface area contributed by atoms with Crippen LogP contribution in [0, 0.1) is 0 Å². The fourth-order valence-corrected chi connectivity index (χ4v) is 0.982. The van der Waals surface area contributed by atoms with Gasteiger partial charge in [-0.05, 0) is 27.2 Å². The lowest BCUT2D eigenvalue weighted by Gasteiger charge is -2.22. The summed E-state index contributed by atoms with van der Waals surface area (Å²) < 4.78 is 5.01. The van der Waals surface area contributed by atoms with Gasteiger partial charge in [-0.15, -0.1) is 0 Å². The number of hydrogen-bond acceptors (Lipinski definition) is 3. The van der Waals surface area contributed by atoms with Gasteiger partial charge in [0.1, 0.15) is 5.60 Å². The average Bonchev–Trinajstić information content (AvgIpc) is 1.98. The van der Waals surface area contributed by atoms with E-state index in [2.05, 4.69) is 5.32 Å². The van der Waals surface area contributed by atoms with E-state index in [1.165, 1.54) is 0 Å². The second-order valence-electron chi connectivity index (χ2n) is 4.35. The zero-order chi connectivity index (χ0) is 12.1. The SMILES string of the molecule is CC[C@@H](CC(=O)O)NC(=O)OC(C)(C)C. The van der Waals surface area contributed by atoms with Crippen molar-refractivity contribution in [1.29, 1.82) is 0 Å². The molecule has 0 spiro atoms. The lowest BCUT2D eigenvalue weighted by molar-refractivity contribution is -0.137. The summed E-state index contributed by atoms with van der Waals surface area (Å²) in [6, 6.07) is -0.377. The summed E-state index contributed by atoms with van der Waals surface area (Å²) in [6.07, 6.45) is -0.100. The maximum absolute atomic E-state index is 11.3. The normalized spacial score (nSPS) is 13.1. The molecule has 0 rings (SSSR count). The largest absolute Gasteiger partial charge is 0.481 e. The van der Waals surface area contributed by atoms with Gasteiger partial charge in [0.15, 0.2) is 0 Å². The van der Waals surface area contributed by atoms with Gasteiger partial charge in [-0.3, -0.25) is 4.79 Å². The summed E-state index contributed by atoms with van der Waals surface area (Å²) in [5.74, 6) is -0.932. The van der Waals surface area contributed by atoms with E-state index in [1.807, 2.05) is 6.92 Å². The van der Waals surface area contributed by atoms with Gasteiger partial charge in [-0.25, -0.2) is 4.79 Å². The molecule has 5 heteroatoms. The first kappa shape index (κ1) is 13.7. The molecular weight excluding hydrogens is 198 g/mol. The zero-order valence-corrected chi connectivity index (χ0v) is 9.66. The van der Waals surface area contributed by atoms with Crippen LogP contribution in [0.1, 0.15) is 40.5 Å². The van der Waals surface area contributed by atoms with Crippen molar-refractivity contribution in [2.45, 2.75) is 52.2 Å². The molecule has 88 valence electrons. The van der Waals surface area contributed by atoms with Crippen molar-refractivity contribution >= 4 is 12.1 Å². The third-order valence-electron chi connectivity index (χ3n) is 1.63. The zero-order valence-electron chi connectivity index (χ0n) is 9.66. The Morgan fingerprint density at radius 1 is 1.40 bits per heavy atom. The maximum Gasteiger partial charge on any atom is 0.407 e. The molecule has 0 aliphatic heterocycles. The molecule has 0 saturated carbocycles. The number of nitrogens with one attached hydrogen (secondary N) is 1. The first-order valence-electron chi connectivity index (χ1n) is 4.96. The standard InChI is InChI=1S/C10H19NO4/c1-5-7(6-8(12)13)11-9(14)15-10(2,3)4/h7H,5-6H2,1-4H3,(H,11,14)(H,12,13)/t7-/m0/s1. The van der Waals surface area contributed by atoms with Crippen LogP contribution in [0.15, 0.2) is 0 Å². The van der Waals surface area contributed by atoms with Gasteiger partial charge >= 0.3 is 12.1 Å². The Labute approximate surface area is 89.8 Å². The number of carbonyl (C=O) groups excluding carboxylic acids is 1. The monoisotopic (exact) mass is 217 g/mol. The minimum Gasteiger partial charge on any atom is -0.481 e. The van der Waals surface area contributed by atoms with Crippen molar-refractivity contribution in [3.05, 3.63) is 0 Å². The van der Waals surface area contributed by atoms with Crippen LogP contribution in [0.4, 0.5) is 4.79 Å². The Kier molecular flexibility index (Phi) is 5.11. The van der Waals surface area contributed by atoms with E-state index in [-0.39, 0.29) is 12.5 Å². The highest BCUT2D eigenvalue weighted by atomic mass is 16.6. The van der Waals surface area contributed by atoms with Crippen LogP contribution in [0.5, 0.6) is 0 Å². The van der Waals surface area contributed by atoms with Crippen LogP contribution in [-0.4, -0.2) is 28.8 Å². The van der Waals surface area contributed by atoms with Gasteiger partial charge in [0.25, 0.3) is 0 Å². The summed E-state index contributed by atoms with van der Waals surface area (Å²) in [6.45, 7) is 7.07. The van der Waals surface area contributed by atoms with E-state index in [9.17, 15) is 9.59 Å². The third kappa shape index (κ3) is 7.78. The third-order valence-corrected chi connectivity index (χ3v) is 1.63. The Balaban J connectivity index is 4.07. The fourth-order valence-electron chi connectivity index (χ4n) is 0.982. The molecule has 0 aromatic carbocycles. The number of hydrogen-bond donors (Lipinski definition) is 2. The maximum atomic E-state index is 11.3. The van der Waals surface area contributed by atoms with Gasteiger partial charge in [-0.1, -0.05) is 6.92 Å². The van der Waals surface area contributed by atoms with Crippen LogP contribution in [0.2, 0.25) is 0 Å². The fraction of sp³-hybridized carbons (Fsp3) is 0.800. The van der Waals surface area contributed by atoms with Gasteiger partial charge in [0.05, 0.1) is 6.42 Å². The highest BCUT2D eigenvalue weighted by Gasteiger charge is 2.19. The number of ether oxygens (including phenoxy) is 1. The van der Waals surface area contributed by atoms with Gasteiger partial charge in [0, 0.05) is 6.04 Å². The predicted octanol–water partition coefficient (Wildman–Crippen LogP) is 1.76. The molecular formula is C10H19NO4. The molecule has 0 radical (unpaired) electrons. The minimum absolute atomic E-state index is 0.0876. The molecule has 0 heterocycles. The van der Waals surface area contributed by atoms with Crippen LogP contribution in [0.25, 0.3) is 0 Å².